The minimum atomic E-state index is -0.886. The molecule has 0 radical (unpaired) electrons. The van der Waals surface area contributed by atoms with Gasteiger partial charge in [-0.15, -0.1) is 11.3 Å². The molecule has 0 aliphatic heterocycles. The number of nitrogens with one attached hydrogen (secondary N) is 1. The summed E-state index contributed by atoms with van der Waals surface area (Å²) in [6, 6.07) is 3.74. The molecule has 0 unspecified atom stereocenters. The number of aromatic nitrogens is 1. The van der Waals surface area contributed by atoms with Crippen molar-refractivity contribution in [3.63, 3.8) is 0 Å². The number of halogens is 2. The number of amides is 1. The van der Waals surface area contributed by atoms with E-state index in [4.69, 9.17) is 4.74 Å². The minimum absolute atomic E-state index is 0.360. The lowest BCUT2D eigenvalue weighted by Crippen LogP contribution is -2.27. The van der Waals surface area contributed by atoms with Crippen LogP contribution in [0.4, 0.5) is 18.6 Å². The maximum atomic E-state index is 13.2. The van der Waals surface area contributed by atoms with Crippen LogP contribution in [0.5, 0.6) is 0 Å². The molecule has 1 aromatic carbocycles. The Hall–Kier alpha value is -2.02. The number of thiazole rings is 1. The number of ether oxygens (including phenoxy) is 1. The lowest BCUT2D eigenvalue weighted by Gasteiger charge is -2.19. The summed E-state index contributed by atoms with van der Waals surface area (Å²) in [6.07, 6.45) is -0.192. The predicted molar refractivity (Wildman–Crippen MR) is 85.9 cm³/mol. The first-order chi connectivity index (χ1) is 10.6. The molecule has 23 heavy (non-hydrogen) atoms. The van der Waals surface area contributed by atoms with Crippen LogP contribution in [0.15, 0.2) is 18.2 Å². The van der Waals surface area contributed by atoms with Gasteiger partial charge in [-0.2, -0.15) is 0 Å². The Kier molecular flexibility index (Phi) is 4.99. The van der Waals surface area contributed by atoms with E-state index in [0.29, 0.717) is 27.7 Å². The van der Waals surface area contributed by atoms with Gasteiger partial charge in [0.25, 0.3) is 0 Å². The molecule has 0 spiro atoms. The fraction of sp³-hybridized carbons (Fsp3) is 0.375. The molecule has 4 nitrogen and oxygen atoms in total. The Morgan fingerprint density at radius 2 is 2.00 bits per heavy atom. The van der Waals surface area contributed by atoms with Crippen molar-refractivity contribution in [3.05, 3.63) is 46.1 Å². The first kappa shape index (κ1) is 17.3. The first-order valence-corrected chi connectivity index (χ1v) is 7.86. The molecule has 0 atom stereocenters. The number of hydrogen-bond acceptors (Lipinski definition) is 4. The molecule has 124 valence electrons. The third kappa shape index (κ3) is 4.99. The van der Waals surface area contributed by atoms with E-state index >= 15 is 0 Å². The highest BCUT2D eigenvalue weighted by Crippen LogP contribution is 2.26. The van der Waals surface area contributed by atoms with E-state index in [1.54, 1.807) is 27.7 Å². The molecule has 1 amide bonds. The van der Waals surface area contributed by atoms with Gasteiger partial charge in [-0.3, -0.25) is 5.32 Å². The quantitative estimate of drug-likeness (QED) is 0.883. The van der Waals surface area contributed by atoms with Crippen molar-refractivity contribution in [3.8, 4) is 0 Å². The Bertz CT molecular complexity index is 723. The van der Waals surface area contributed by atoms with Crippen LogP contribution in [-0.4, -0.2) is 16.7 Å². The van der Waals surface area contributed by atoms with E-state index in [-0.39, 0.29) is 0 Å². The average molecular weight is 340 g/mol. The summed E-state index contributed by atoms with van der Waals surface area (Å²) < 4.78 is 31.4. The van der Waals surface area contributed by atoms with Crippen LogP contribution in [0.25, 0.3) is 0 Å². The maximum Gasteiger partial charge on any atom is 0.412 e. The zero-order valence-electron chi connectivity index (χ0n) is 13.4. The molecule has 2 aromatic rings. The number of carbonyl (C=O) groups excluding carboxylic acids is 1. The lowest BCUT2D eigenvalue weighted by molar-refractivity contribution is 0.0636. The first-order valence-electron chi connectivity index (χ1n) is 7.04. The van der Waals surface area contributed by atoms with E-state index in [1.807, 2.05) is 0 Å². The number of benzene rings is 1. The molecule has 0 fully saturated rings. The summed E-state index contributed by atoms with van der Waals surface area (Å²) in [6.45, 7) is 7.10. The van der Waals surface area contributed by atoms with Gasteiger partial charge in [0.05, 0.1) is 10.7 Å². The van der Waals surface area contributed by atoms with Crippen molar-refractivity contribution in [1.29, 1.82) is 0 Å². The molecule has 7 heteroatoms. The second-order valence-corrected chi connectivity index (χ2v) is 7.16. The summed E-state index contributed by atoms with van der Waals surface area (Å²) in [7, 11) is 0. The summed E-state index contributed by atoms with van der Waals surface area (Å²) in [4.78, 5) is 16.1. The third-order valence-electron chi connectivity index (χ3n) is 2.79. The predicted octanol–water partition coefficient (Wildman–Crippen LogP) is 4.67. The molecular formula is C16H18F2N2O2S. The van der Waals surface area contributed by atoms with E-state index in [2.05, 4.69) is 10.3 Å². The van der Waals surface area contributed by atoms with Crippen molar-refractivity contribution in [2.45, 2.75) is 39.7 Å². The van der Waals surface area contributed by atoms with E-state index < -0.39 is 23.3 Å². The Morgan fingerprint density at radius 1 is 1.30 bits per heavy atom. The number of nitrogens with zero attached hydrogens (tertiary/aromatic N) is 1. The summed E-state index contributed by atoms with van der Waals surface area (Å²) in [5.41, 5.74) is 0.678. The van der Waals surface area contributed by atoms with Crippen molar-refractivity contribution in [1.82, 2.24) is 4.98 Å². The van der Waals surface area contributed by atoms with E-state index in [1.165, 1.54) is 17.4 Å². The molecule has 1 aromatic heterocycles. The average Bonchev–Trinajstić information content (AvgIpc) is 2.72. The minimum Gasteiger partial charge on any atom is -0.444 e. The van der Waals surface area contributed by atoms with Gasteiger partial charge in [-0.1, -0.05) is 6.07 Å². The van der Waals surface area contributed by atoms with E-state index in [9.17, 15) is 13.6 Å². The van der Waals surface area contributed by atoms with Crippen LogP contribution in [0.1, 0.15) is 37.0 Å². The number of anilines is 1. The van der Waals surface area contributed by atoms with Crippen LogP contribution in [0, 0.1) is 18.6 Å². The van der Waals surface area contributed by atoms with Gasteiger partial charge >= 0.3 is 6.09 Å². The van der Waals surface area contributed by atoms with Crippen LogP contribution in [0.2, 0.25) is 0 Å². The number of rotatable bonds is 3. The summed E-state index contributed by atoms with van der Waals surface area (Å²) >= 11 is 1.28. The fourth-order valence-corrected chi connectivity index (χ4v) is 2.85. The molecule has 1 N–H and O–H groups in total. The van der Waals surface area contributed by atoms with Gasteiger partial charge in [0.1, 0.15) is 10.6 Å². The van der Waals surface area contributed by atoms with Crippen LogP contribution in [0.3, 0.4) is 0 Å². The molecule has 0 aliphatic carbocycles. The van der Waals surface area contributed by atoms with Crippen molar-refractivity contribution < 1.29 is 18.3 Å². The number of aryl methyl sites for hydroxylation is 1. The van der Waals surface area contributed by atoms with Crippen LogP contribution in [-0.2, 0) is 11.2 Å². The molecular weight excluding hydrogens is 322 g/mol. The molecule has 2 rings (SSSR count). The zero-order valence-corrected chi connectivity index (χ0v) is 14.2. The molecule has 1 heterocycles. The number of carbonyl (C=O) groups is 1. The van der Waals surface area contributed by atoms with Gasteiger partial charge in [0, 0.05) is 6.42 Å². The van der Waals surface area contributed by atoms with Crippen molar-refractivity contribution >= 4 is 22.4 Å². The standard InChI is InChI=1S/C16H18F2N2O2S/c1-9-14(20-15(21)22-16(2,3)4)23-13(19-9)8-10-5-6-11(17)12(18)7-10/h5-7H,8H2,1-4H3,(H,20,21). The smallest absolute Gasteiger partial charge is 0.412 e. The number of hydrogen-bond donors (Lipinski definition) is 1. The largest absolute Gasteiger partial charge is 0.444 e. The highest BCUT2D eigenvalue weighted by molar-refractivity contribution is 7.16. The van der Waals surface area contributed by atoms with Crippen LogP contribution >= 0.6 is 11.3 Å². The molecule has 0 saturated carbocycles. The van der Waals surface area contributed by atoms with Crippen LogP contribution < -0.4 is 5.32 Å². The molecule has 0 saturated heterocycles. The Balaban J connectivity index is 2.08. The Morgan fingerprint density at radius 3 is 2.61 bits per heavy atom. The van der Waals surface area contributed by atoms with Crippen molar-refractivity contribution in [2.24, 2.45) is 0 Å². The highest BCUT2D eigenvalue weighted by atomic mass is 32.1. The monoisotopic (exact) mass is 340 g/mol. The third-order valence-corrected chi connectivity index (χ3v) is 3.87. The fourth-order valence-electron chi connectivity index (χ4n) is 1.86. The molecule has 0 bridgehead atoms. The lowest BCUT2D eigenvalue weighted by atomic mass is 10.1. The highest BCUT2D eigenvalue weighted by Gasteiger charge is 2.18. The second kappa shape index (κ2) is 6.62. The maximum absolute atomic E-state index is 13.2. The van der Waals surface area contributed by atoms with E-state index in [0.717, 1.165) is 12.1 Å². The van der Waals surface area contributed by atoms with Gasteiger partial charge in [0.2, 0.25) is 0 Å². The summed E-state index contributed by atoms with van der Waals surface area (Å²) in [5, 5.41) is 3.93. The van der Waals surface area contributed by atoms with Gasteiger partial charge < -0.3 is 4.74 Å². The zero-order chi connectivity index (χ0) is 17.2. The summed E-state index contributed by atoms with van der Waals surface area (Å²) in [5.74, 6) is -1.76. The topological polar surface area (TPSA) is 51.2 Å². The van der Waals surface area contributed by atoms with Gasteiger partial charge in [-0.05, 0) is 45.4 Å². The normalized spacial score (nSPS) is 11.4. The van der Waals surface area contributed by atoms with Crippen molar-refractivity contribution in [2.75, 3.05) is 5.32 Å². The SMILES string of the molecule is Cc1nc(Cc2ccc(F)c(F)c2)sc1NC(=O)OC(C)(C)C. The van der Waals surface area contributed by atoms with Gasteiger partial charge in [0.15, 0.2) is 11.6 Å². The second-order valence-electron chi connectivity index (χ2n) is 6.07. The Labute approximate surface area is 137 Å². The molecule has 0 aliphatic rings. The van der Waals surface area contributed by atoms with Gasteiger partial charge in [-0.25, -0.2) is 18.6 Å².